The van der Waals surface area contributed by atoms with Gasteiger partial charge in [0.25, 0.3) is 5.91 Å². The largest absolute Gasteiger partial charge is 0.452 e. The van der Waals surface area contributed by atoms with E-state index in [0.717, 1.165) is 0 Å². The molecule has 0 atom stereocenters. The average Bonchev–Trinajstić information content (AvgIpc) is 2.48. The standard InChI is InChI=1S/C14H12ClN3O3/c15-13-11(2-1-7-17-13)18-12(19)8-21-14(20)9-3-5-10(16)6-4-9/h1-7H,8,16H2,(H,18,19). The Labute approximate surface area is 125 Å². The molecule has 0 bridgehead atoms. The molecule has 1 heterocycles. The molecule has 1 aromatic heterocycles. The predicted molar refractivity (Wildman–Crippen MR) is 79.0 cm³/mol. The molecule has 0 radical (unpaired) electrons. The van der Waals surface area contributed by atoms with Gasteiger partial charge in [0, 0.05) is 11.9 Å². The van der Waals surface area contributed by atoms with E-state index >= 15 is 0 Å². The highest BCUT2D eigenvalue weighted by molar-refractivity contribution is 6.32. The molecule has 1 amide bonds. The van der Waals surface area contributed by atoms with E-state index in [4.69, 9.17) is 22.1 Å². The van der Waals surface area contributed by atoms with Crippen molar-refractivity contribution in [3.8, 4) is 0 Å². The van der Waals surface area contributed by atoms with Crippen LogP contribution in [0.4, 0.5) is 11.4 Å². The van der Waals surface area contributed by atoms with Gasteiger partial charge in [-0.05, 0) is 36.4 Å². The molecule has 0 aliphatic heterocycles. The molecule has 7 heteroatoms. The summed E-state index contributed by atoms with van der Waals surface area (Å²) in [5, 5.41) is 2.66. The molecule has 0 spiro atoms. The number of hydrogen-bond donors (Lipinski definition) is 2. The van der Waals surface area contributed by atoms with Crippen molar-refractivity contribution in [1.82, 2.24) is 4.98 Å². The number of aromatic nitrogens is 1. The van der Waals surface area contributed by atoms with Gasteiger partial charge in [0.05, 0.1) is 11.3 Å². The number of nitrogens with two attached hydrogens (primary N) is 1. The van der Waals surface area contributed by atoms with E-state index in [2.05, 4.69) is 10.3 Å². The molecular formula is C14H12ClN3O3. The topological polar surface area (TPSA) is 94.3 Å². The van der Waals surface area contributed by atoms with Crippen LogP contribution in [0.2, 0.25) is 5.15 Å². The number of esters is 1. The lowest BCUT2D eigenvalue weighted by atomic mass is 10.2. The lowest BCUT2D eigenvalue weighted by Crippen LogP contribution is -2.21. The summed E-state index contributed by atoms with van der Waals surface area (Å²) >= 11 is 5.80. The van der Waals surface area contributed by atoms with Gasteiger partial charge >= 0.3 is 5.97 Å². The molecule has 2 rings (SSSR count). The SMILES string of the molecule is Nc1ccc(C(=O)OCC(=O)Nc2cccnc2Cl)cc1. The molecule has 0 unspecified atom stereocenters. The minimum Gasteiger partial charge on any atom is -0.452 e. The number of rotatable bonds is 4. The number of carbonyl (C=O) groups is 2. The fraction of sp³-hybridized carbons (Fsp3) is 0.0714. The lowest BCUT2D eigenvalue weighted by Gasteiger charge is -2.07. The quantitative estimate of drug-likeness (QED) is 0.512. The van der Waals surface area contributed by atoms with Gasteiger partial charge in [0.2, 0.25) is 0 Å². The first-order chi connectivity index (χ1) is 10.1. The summed E-state index contributed by atoms with van der Waals surface area (Å²) in [6, 6.07) is 9.41. The van der Waals surface area contributed by atoms with Crippen molar-refractivity contribution in [2.45, 2.75) is 0 Å². The Bertz CT molecular complexity index is 659. The first kappa shape index (κ1) is 14.8. The molecule has 2 aromatic rings. The fourth-order valence-corrected chi connectivity index (χ4v) is 1.67. The van der Waals surface area contributed by atoms with E-state index in [1.54, 1.807) is 24.3 Å². The molecule has 6 nitrogen and oxygen atoms in total. The molecule has 0 aliphatic rings. The molecule has 0 saturated heterocycles. The minimum absolute atomic E-state index is 0.163. The Kier molecular flexibility index (Phi) is 4.73. The maximum absolute atomic E-state index is 11.7. The third-order valence-corrected chi connectivity index (χ3v) is 2.82. The van der Waals surface area contributed by atoms with E-state index in [-0.39, 0.29) is 5.15 Å². The second-order valence-corrected chi connectivity index (χ2v) is 4.45. The number of carbonyl (C=O) groups excluding carboxylic acids is 2. The van der Waals surface area contributed by atoms with E-state index in [0.29, 0.717) is 16.9 Å². The highest BCUT2D eigenvalue weighted by atomic mass is 35.5. The van der Waals surface area contributed by atoms with Crippen LogP contribution in [-0.2, 0) is 9.53 Å². The number of halogens is 1. The number of pyridine rings is 1. The van der Waals surface area contributed by atoms with Crippen LogP contribution in [0.3, 0.4) is 0 Å². The van der Waals surface area contributed by atoms with Gasteiger partial charge in [-0.3, -0.25) is 4.79 Å². The third kappa shape index (κ3) is 4.19. The molecule has 0 fully saturated rings. The zero-order valence-electron chi connectivity index (χ0n) is 10.9. The van der Waals surface area contributed by atoms with Crippen LogP contribution in [0.25, 0.3) is 0 Å². The van der Waals surface area contributed by atoms with Crippen molar-refractivity contribution >= 4 is 34.9 Å². The van der Waals surface area contributed by atoms with Crippen molar-refractivity contribution < 1.29 is 14.3 Å². The van der Waals surface area contributed by atoms with E-state index in [1.807, 2.05) is 0 Å². The van der Waals surface area contributed by atoms with Crippen LogP contribution >= 0.6 is 11.6 Å². The van der Waals surface area contributed by atoms with Gasteiger partial charge in [-0.2, -0.15) is 0 Å². The number of hydrogen-bond acceptors (Lipinski definition) is 5. The van der Waals surface area contributed by atoms with Gasteiger partial charge in [-0.15, -0.1) is 0 Å². The Morgan fingerprint density at radius 2 is 1.95 bits per heavy atom. The fourth-order valence-electron chi connectivity index (χ4n) is 1.50. The molecule has 1 aromatic carbocycles. The number of anilines is 2. The highest BCUT2D eigenvalue weighted by Gasteiger charge is 2.11. The van der Waals surface area contributed by atoms with Crippen LogP contribution in [-0.4, -0.2) is 23.5 Å². The van der Waals surface area contributed by atoms with Crippen LogP contribution in [0.1, 0.15) is 10.4 Å². The summed E-state index contributed by atoms with van der Waals surface area (Å²) in [7, 11) is 0. The number of nitrogens with zero attached hydrogens (tertiary/aromatic N) is 1. The summed E-state index contributed by atoms with van der Waals surface area (Å²) in [5.74, 6) is -1.11. The Morgan fingerprint density at radius 1 is 1.24 bits per heavy atom. The van der Waals surface area contributed by atoms with E-state index in [9.17, 15) is 9.59 Å². The highest BCUT2D eigenvalue weighted by Crippen LogP contribution is 2.17. The van der Waals surface area contributed by atoms with Crippen LogP contribution in [0.5, 0.6) is 0 Å². The maximum Gasteiger partial charge on any atom is 0.338 e. The second-order valence-electron chi connectivity index (χ2n) is 4.09. The molecule has 3 N–H and O–H groups in total. The number of benzene rings is 1. The first-order valence-corrected chi connectivity index (χ1v) is 6.37. The molecule has 108 valence electrons. The van der Waals surface area contributed by atoms with Crippen molar-refractivity contribution in [2.24, 2.45) is 0 Å². The number of amides is 1. The lowest BCUT2D eigenvalue weighted by molar-refractivity contribution is -0.119. The van der Waals surface area contributed by atoms with Crippen LogP contribution in [0.15, 0.2) is 42.6 Å². The number of ether oxygens (including phenoxy) is 1. The number of nitrogen functional groups attached to an aromatic ring is 1. The van der Waals surface area contributed by atoms with Crippen LogP contribution < -0.4 is 11.1 Å². The first-order valence-electron chi connectivity index (χ1n) is 5.99. The Hall–Kier alpha value is -2.60. The molecule has 21 heavy (non-hydrogen) atoms. The smallest absolute Gasteiger partial charge is 0.338 e. The van der Waals surface area contributed by atoms with Crippen LogP contribution in [0, 0.1) is 0 Å². The molecule has 0 saturated carbocycles. The Balaban J connectivity index is 1.88. The zero-order valence-corrected chi connectivity index (χ0v) is 11.6. The van der Waals surface area contributed by atoms with E-state index in [1.165, 1.54) is 18.3 Å². The zero-order chi connectivity index (χ0) is 15.2. The van der Waals surface area contributed by atoms with Gasteiger partial charge in [-0.25, -0.2) is 9.78 Å². The number of nitrogens with one attached hydrogen (secondary N) is 1. The van der Waals surface area contributed by atoms with Gasteiger partial charge in [-0.1, -0.05) is 11.6 Å². The predicted octanol–water partition coefficient (Wildman–Crippen LogP) is 2.11. The van der Waals surface area contributed by atoms with Gasteiger partial charge in [0.1, 0.15) is 0 Å². The van der Waals surface area contributed by atoms with Crippen molar-refractivity contribution in [1.29, 1.82) is 0 Å². The average molecular weight is 306 g/mol. The van der Waals surface area contributed by atoms with Crippen molar-refractivity contribution in [3.63, 3.8) is 0 Å². The molecule has 0 aliphatic carbocycles. The van der Waals surface area contributed by atoms with Crippen molar-refractivity contribution in [3.05, 3.63) is 53.3 Å². The third-order valence-electron chi connectivity index (χ3n) is 2.51. The normalized spacial score (nSPS) is 9.95. The molecular weight excluding hydrogens is 294 g/mol. The maximum atomic E-state index is 11.7. The monoisotopic (exact) mass is 305 g/mol. The van der Waals surface area contributed by atoms with Gasteiger partial charge in [0.15, 0.2) is 11.8 Å². The van der Waals surface area contributed by atoms with Crippen molar-refractivity contribution in [2.75, 3.05) is 17.7 Å². The summed E-state index contributed by atoms with van der Waals surface area (Å²) < 4.78 is 4.89. The summed E-state index contributed by atoms with van der Waals surface area (Å²) in [6.07, 6.45) is 1.50. The minimum atomic E-state index is -0.609. The second kappa shape index (κ2) is 6.71. The summed E-state index contributed by atoms with van der Waals surface area (Å²) in [4.78, 5) is 27.2. The Morgan fingerprint density at radius 3 is 2.62 bits per heavy atom. The van der Waals surface area contributed by atoms with E-state index < -0.39 is 18.5 Å². The summed E-state index contributed by atoms with van der Waals surface area (Å²) in [6.45, 7) is -0.422. The van der Waals surface area contributed by atoms with Gasteiger partial charge < -0.3 is 15.8 Å². The summed E-state index contributed by atoms with van der Waals surface area (Å²) in [5.41, 5.74) is 6.72.